The zero-order valence-corrected chi connectivity index (χ0v) is 17.2. The van der Waals surface area contributed by atoms with E-state index < -0.39 is 0 Å². The van der Waals surface area contributed by atoms with Gasteiger partial charge in [-0.05, 0) is 73.6 Å². The summed E-state index contributed by atoms with van der Waals surface area (Å²) in [5, 5.41) is 0.941. The number of aromatic nitrogens is 2. The summed E-state index contributed by atoms with van der Waals surface area (Å²) in [7, 11) is 0. The Balaban J connectivity index is 1.61. The Bertz CT molecular complexity index is 1020. The molecule has 3 aromatic rings. The molecule has 1 amide bonds. The number of carbonyl (C=O) groups excluding carboxylic acids is 1. The molecule has 1 aliphatic rings. The fraction of sp³-hybridized carbons (Fsp3) is 0.375. The predicted molar refractivity (Wildman–Crippen MR) is 117 cm³/mol. The Morgan fingerprint density at radius 1 is 1.21 bits per heavy atom. The number of nitrogen functional groups attached to an aromatic ring is 1. The van der Waals surface area contributed by atoms with Gasteiger partial charge in [0.25, 0.3) is 5.91 Å². The minimum Gasteiger partial charge on any atom is -0.383 e. The highest BCUT2D eigenvalue weighted by molar-refractivity contribution is 5.98. The fourth-order valence-corrected chi connectivity index (χ4v) is 3.77. The topological polar surface area (TPSA) is 72.1 Å². The molecule has 1 fully saturated rings. The second-order valence-corrected chi connectivity index (χ2v) is 8.09. The molecule has 5 nitrogen and oxygen atoms in total. The van der Waals surface area contributed by atoms with Crippen molar-refractivity contribution in [3.63, 3.8) is 0 Å². The lowest BCUT2D eigenvalue weighted by Gasteiger charge is -2.32. The van der Waals surface area contributed by atoms with E-state index in [1.807, 2.05) is 48.4 Å². The van der Waals surface area contributed by atoms with E-state index >= 15 is 0 Å². The summed E-state index contributed by atoms with van der Waals surface area (Å²) in [6.45, 7) is 5.38. The van der Waals surface area contributed by atoms with Crippen molar-refractivity contribution in [2.24, 2.45) is 5.92 Å². The molecule has 2 heterocycles. The number of fused-ring (bicyclic) bond motifs is 1. The van der Waals surface area contributed by atoms with Crippen LogP contribution in [-0.4, -0.2) is 27.3 Å². The maximum atomic E-state index is 13.4. The molecule has 0 saturated heterocycles. The molecule has 0 spiro atoms. The number of aryl methyl sites for hydroxylation is 2. The van der Waals surface area contributed by atoms with Gasteiger partial charge in [0.05, 0.1) is 17.8 Å². The largest absolute Gasteiger partial charge is 0.383 e. The van der Waals surface area contributed by atoms with Gasteiger partial charge in [-0.25, -0.2) is 4.98 Å². The first kappa shape index (κ1) is 19.4. The third-order valence-corrected chi connectivity index (χ3v) is 5.93. The van der Waals surface area contributed by atoms with Crippen LogP contribution < -0.4 is 5.73 Å². The van der Waals surface area contributed by atoms with Gasteiger partial charge in [-0.1, -0.05) is 19.4 Å². The van der Waals surface area contributed by atoms with Crippen molar-refractivity contribution in [1.82, 2.24) is 14.9 Å². The lowest BCUT2D eigenvalue weighted by molar-refractivity contribution is 0.0677. The molecule has 1 aliphatic carbocycles. The Hall–Kier alpha value is -2.95. The van der Waals surface area contributed by atoms with Gasteiger partial charge in [-0.15, -0.1) is 0 Å². The minimum atomic E-state index is 0.0506. The molecule has 4 rings (SSSR count). The summed E-state index contributed by atoms with van der Waals surface area (Å²) in [6.07, 6.45) is 6.54. The molecular formula is C24H28N4O. The molecule has 0 bridgehead atoms. The highest BCUT2D eigenvalue weighted by Gasteiger charge is 2.25. The standard InChI is InChI=1S/C24H28N4O/c1-3-17-7-9-21(26-13-17)15-28(14-18-5-4-6-18)24(29)19-8-10-22-20(12-19)11-16(2)23(25)27-22/h7-13,18H,3-6,14-15H2,1-2H3,(H2,25,27). The van der Waals surface area contributed by atoms with E-state index in [-0.39, 0.29) is 5.91 Å². The molecule has 1 aromatic carbocycles. The summed E-state index contributed by atoms with van der Waals surface area (Å²) in [5.74, 6) is 1.18. The van der Waals surface area contributed by atoms with Crippen LogP contribution in [0.2, 0.25) is 0 Å². The predicted octanol–water partition coefficient (Wildman–Crippen LogP) is 4.53. The zero-order chi connectivity index (χ0) is 20.4. The van der Waals surface area contributed by atoms with Crippen LogP contribution in [0.5, 0.6) is 0 Å². The van der Waals surface area contributed by atoms with Crippen LogP contribution in [0.4, 0.5) is 5.82 Å². The number of benzene rings is 1. The number of anilines is 1. The number of nitrogens with two attached hydrogens (primary N) is 1. The van der Waals surface area contributed by atoms with Gasteiger partial charge >= 0.3 is 0 Å². The monoisotopic (exact) mass is 388 g/mol. The van der Waals surface area contributed by atoms with Crippen molar-refractivity contribution in [3.05, 3.63) is 65.0 Å². The van der Waals surface area contributed by atoms with Crippen molar-refractivity contribution in [2.45, 2.75) is 46.1 Å². The number of hydrogen-bond acceptors (Lipinski definition) is 4. The Kier molecular flexibility index (Phi) is 5.47. The Morgan fingerprint density at radius 2 is 2.03 bits per heavy atom. The van der Waals surface area contributed by atoms with Crippen LogP contribution in [-0.2, 0) is 13.0 Å². The number of amides is 1. The summed E-state index contributed by atoms with van der Waals surface area (Å²) in [5.41, 5.74) is 10.5. The lowest BCUT2D eigenvalue weighted by Crippen LogP contribution is -2.37. The first-order chi connectivity index (χ1) is 14.0. The normalized spacial score (nSPS) is 14.0. The SMILES string of the molecule is CCc1ccc(CN(CC2CCC2)C(=O)c2ccc3nc(N)c(C)cc3c2)nc1. The minimum absolute atomic E-state index is 0.0506. The Morgan fingerprint density at radius 3 is 2.69 bits per heavy atom. The first-order valence-electron chi connectivity index (χ1n) is 10.4. The van der Waals surface area contributed by atoms with Crippen LogP contribution in [0.25, 0.3) is 10.9 Å². The maximum absolute atomic E-state index is 13.4. The van der Waals surface area contributed by atoms with E-state index in [0.29, 0.717) is 23.8 Å². The van der Waals surface area contributed by atoms with Gasteiger partial charge in [0.15, 0.2) is 0 Å². The highest BCUT2D eigenvalue weighted by atomic mass is 16.2. The smallest absolute Gasteiger partial charge is 0.254 e. The summed E-state index contributed by atoms with van der Waals surface area (Å²) >= 11 is 0. The number of pyridine rings is 2. The number of rotatable bonds is 6. The molecular weight excluding hydrogens is 360 g/mol. The molecule has 0 unspecified atom stereocenters. The molecule has 2 aromatic heterocycles. The second kappa shape index (κ2) is 8.19. The van der Waals surface area contributed by atoms with E-state index in [2.05, 4.69) is 23.0 Å². The van der Waals surface area contributed by atoms with Crippen LogP contribution in [0, 0.1) is 12.8 Å². The molecule has 0 aliphatic heterocycles. The summed E-state index contributed by atoms with van der Waals surface area (Å²) in [6, 6.07) is 11.8. The molecule has 1 saturated carbocycles. The third kappa shape index (κ3) is 4.24. The van der Waals surface area contributed by atoms with Gasteiger partial charge in [0.1, 0.15) is 5.82 Å². The number of carbonyl (C=O) groups is 1. The second-order valence-electron chi connectivity index (χ2n) is 8.09. The van der Waals surface area contributed by atoms with Crippen LogP contribution in [0.1, 0.15) is 53.4 Å². The van der Waals surface area contributed by atoms with Crippen molar-refractivity contribution < 1.29 is 4.79 Å². The zero-order valence-electron chi connectivity index (χ0n) is 17.2. The van der Waals surface area contributed by atoms with Crippen LogP contribution >= 0.6 is 0 Å². The van der Waals surface area contributed by atoms with E-state index in [1.54, 1.807) is 0 Å². The van der Waals surface area contributed by atoms with Gasteiger partial charge < -0.3 is 10.6 Å². The molecule has 0 radical (unpaired) electrons. The lowest BCUT2D eigenvalue weighted by atomic mass is 9.85. The summed E-state index contributed by atoms with van der Waals surface area (Å²) < 4.78 is 0. The fourth-order valence-electron chi connectivity index (χ4n) is 3.77. The van der Waals surface area contributed by atoms with E-state index in [4.69, 9.17) is 5.73 Å². The highest BCUT2D eigenvalue weighted by Crippen LogP contribution is 2.28. The van der Waals surface area contributed by atoms with Crippen molar-refractivity contribution >= 4 is 22.6 Å². The van der Waals surface area contributed by atoms with Gasteiger partial charge in [0, 0.05) is 23.7 Å². The average molecular weight is 389 g/mol. The van der Waals surface area contributed by atoms with Gasteiger partial charge in [-0.3, -0.25) is 9.78 Å². The van der Waals surface area contributed by atoms with Crippen LogP contribution in [0.15, 0.2) is 42.6 Å². The molecule has 0 atom stereocenters. The van der Waals surface area contributed by atoms with Crippen molar-refractivity contribution in [1.29, 1.82) is 0 Å². The first-order valence-corrected chi connectivity index (χ1v) is 10.4. The van der Waals surface area contributed by atoms with Crippen molar-refractivity contribution in [3.8, 4) is 0 Å². The molecule has 29 heavy (non-hydrogen) atoms. The van der Waals surface area contributed by atoms with Crippen molar-refractivity contribution in [2.75, 3.05) is 12.3 Å². The molecule has 5 heteroatoms. The van der Waals surface area contributed by atoms with E-state index in [0.717, 1.165) is 35.1 Å². The van der Waals surface area contributed by atoms with Gasteiger partial charge in [0.2, 0.25) is 0 Å². The number of hydrogen-bond donors (Lipinski definition) is 1. The van der Waals surface area contributed by atoms with Crippen LogP contribution in [0.3, 0.4) is 0 Å². The molecule has 150 valence electrons. The average Bonchev–Trinajstić information content (AvgIpc) is 2.70. The van der Waals surface area contributed by atoms with E-state index in [9.17, 15) is 4.79 Å². The van der Waals surface area contributed by atoms with E-state index in [1.165, 1.54) is 24.8 Å². The third-order valence-electron chi connectivity index (χ3n) is 5.93. The number of nitrogens with zero attached hydrogens (tertiary/aromatic N) is 3. The quantitative estimate of drug-likeness (QED) is 0.674. The Labute approximate surface area is 172 Å². The summed E-state index contributed by atoms with van der Waals surface area (Å²) in [4.78, 5) is 24.3. The maximum Gasteiger partial charge on any atom is 0.254 e. The molecule has 2 N–H and O–H groups in total. The van der Waals surface area contributed by atoms with Gasteiger partial charge in [-0.2, -0.15) is 0 Å².